The minimum Gasteiger partial charge on any atom is -0.469 e. The van der Waals surface area contributed by atoms with Gasteiger partial charge in [0.15, 0.2) is 0 Å². The minimum atomic E-state index is -0.531. The molecule has 2 atom stereocenters. The molecule has 0 unspecified atom stereocenters. The van der Waals surface area contributed by atoms with Crippen LogP contribution in [-0.4, -0.2) is 42.3 Å². The van der Waals surface area contributed by atoms with Crippen molar-refractivity contribution in [2.24, 2.45) is 5.92 Å². The molecule has 98 valence electrons. The Kier molecular flexibility index (Phi) is 4.68. The van der Waals surface area contributed by atoms with E-state index in [0.29, 0.717) is 11.5 Å². The number of amides is 1. The van der Waals surface area contributed by atoms with Crippen molar-refractivity contribution < 1.29 is 19.1 Å². The average Bonchev–Trinajstić information content (AvgIpc) is 2.61. The van der Waals surface area contributed by atoms with Crippen LogP contribution in [0.15, 0.2) is 0 Å². The zero-order valence-electron chi connectivity index (χ0n) is 10.6. The molecule has 5 nitrogen and oxygen atoms in total. The molecule has 1 fully saturated rings. The van der Waals surface area contributed by atoms with Crippen molar-refractivity contribution in [1.29, 1.82) is 0 Å². The predicted octanol–water partition coefficient (Wildman–Crippen LogP) is 1.42. The van der Waals surface area contributed by atoms with E-state index in [0.717, 1.165) is 0 Å². The lowest BCUT2D eigenvalue weighted by Gasteiger charge is -2.23. The number of nitrogens with one attached hydrogen (secondary N) is 1. The van der Waals surface area contributed by atoms with Crippen LogP contribution in [0.5, 0.6) is 0 Å². The Balaban J connectivity index is 2.50. The van der Waals surface area contributed by atoms with E-state index in [4.69, 9.17) is 9.47 Å². The van der Waals surface area contributed by atoms with Crippen molar-refractivity contribution in [3.8, 4) is 0 Å². The van der Waals surface area contributed by atoms with Gasteiger partial charge in [-0.15, -0.1) is 0 Å². The summed E-state index contributed by atoms with van der Waals surface area (Å²) in [4.78, 5) is 23.0. The molecule has 1 N–H and O–H groups in total. The molecule has 1 rings (SSSR count). The van der Waals surface area contributed by atoms with Crippen LogP contribution in [-0.2, 0) is 14.3 Å². The maximum absolute atomic E-state index is 11.6. The monoisotopic (exact) mass is 261 g/mol. The zero-order valence-corrected chi connectivity index (χ0v) is 11.4. The van der Waals surface area contributed by atoms with E-state index in [1.165, 1.54) is 7.11 Å². The number of esters is 1. The Morgan fingerprint density at radius 3 is 2.47 bits per heavy atom. The Morgan fingerprint density at radius 2 is 1.94 bits per heavy atom. The average molecular weight is 261 g/mol. The third-order valence-electron chi connectivity index (χ3n) is 2.29. The second-order valence-electron chi connectivity index (χ2n) is 4.92. The molecule has 0 aliphatic carbocycles. The predicted molar refractivity (Wildman–Crippen MR) is 66.0 cm³/mol. The first-order chi connectivity index (χ1) is 7.83. The van der Waals surface area contributed by atoms with Crippen LogP contribution in [0.25, 0.3) is 0 Å². The topological polar surface area (TPSA) is 64.6 Å². The standard InChI is InChI=1S/C11H19NO4S/c1-11(2,3)16-10(14)12-8-6-17-5-7(8)9(13)15-4/h7-8H,5-6H2,1-4H3,(H,12,14)/t7-,8-/m1/s1. The summed E-state index contributed by atoms with van der Waals surface area (Å²) in [6.45, 7) is 5.40. The van der Waals surface area contributed by atoms with Crippen LogP contribution in [0, 0.1) is 5.92 Å². The van der Waals surface area contributed by atoms with Crippen molar-refractivity contribution >= 4 is 23.8 Å². The molecule has 0 aromatic carbocycles. The highest BCUT2D eigenvalue weighted by Gasteiger charge is 2.36. The van der Waals surface area contributed by atoms with Gasteiger partial charge in [-0.3, -0.25) is 4.79 Å². The fourth-order valence-corrected chi connectivity index (χ4v) is 2.87. The first-order valence-corrected chi connectivity index (χ1v) is 6.64. The third-order valence-corrected chi connectivity index (χ3v) is 3.48. The molecule has 0 saturated carbocycles. The van der Waals surface area contributed by atoms with E-state index in [2.05, 4.69) is 5.32 Å². The van der Waals surface area contributed by atoms with Crippen molar-refractivity contribution in [1.82, 2.24) is 5.32 Å². The summed E-state index contributed by atoms with van der Waals surface area (Å²) in [5.74, 6) is 0.820. The SMILES string of the molecule is COC(=O)[C@@H]1CSC[C@H]1NC(=O)OC(C)(C)C. The van der Waals surface area contributed by atoms with Crippen molar-refractivity contribution in [3.05, 3.63) is 0 Å². The third kappa shape index (κ3) is 4.46. The van der Waals surface area contributed by atoms with Crippen molar-refractivity contribution in [2.75, 3.05) is 18.6 Å². The van der Waals surface area contributed by atoms with Crippen LogP contribution in [0.2, 0.25) is 0 Å². The van der Waals surface area contributed by atoms with Crippen LogP contribution in [0.4, 0.5) is 4.79 Å². The molecular weight excluding hydrogens is 242 g/mol. The number of alkyl carbamates (subject to hydrolysis) is 1. The first-order valence-electron chi connectivity index (χ1n) is 5.48. The van der Waals surface area contributed by atoms with Gasteiger partial charge in [0, 0.05) is 11.5 Å². The summed E-state index contributed by atoms with van der Waals surface area (Å²) in [6, 6.07) is -0.206. The summed E-state index contributed by atoms with van der Waals surface area (Å²) in [5.41, 5.74) is -0.531. The lowest BCUT2D eigenvalue weighted by molar-refractivity contribution is -0.145. The molecule has 1 aliphatic heterocycles. The maximum Gasteiger partial charge on any atom is 0.407 e. The molecule has 0 bridgehead atoms. The molecule has 1 aliphatic rings. The summed E-state index contributed by atoms with van der Waals surface area (Å²) in [6.07, 6.45) is -0.487. The quantitative estimate of drug-likeness (QED) is 0.761. The molecule has 1 heterocycles. The van der Waals surface area contributed by atoms with Gasteiger partial charge in [0.2, 0.25) is 0 Å². The molecule has 0 spiro atoms. The minimum absolute atomic E-state index is 0.206. The van der Waals surface area contributed by atoms with E-state index in [1.807, 2.05) is 0 Å². The van der Waals surface area contributed by atoms with Crippen LogP contribution < -0.4 is 5.32 Å². The summed E-state index contributed by atoms with van der Waals surface area (Å²) in [7, 11) is 1.36. The van der Waals surface area contributed by atoms with Gasteiger partial charge in [0.25, 0.3) is 0 Å². The summed E-state index contributed by atoms with van der Waals surface area (Å²) < 4.78 is 9.85. The van der Waals surface area contributed by atoms with E-state index < -0.39 is 11.7 Å². The van der Waals surface area contributed by atoms with Gasteiger partial charge in [-0.05, 0) is 20.8 Å². The van der Waals surface area contributed by atoms with E-state index in [1.54, 1.807) is 32.5 Å². The Labute approximate surface area is 106 Å². The molecule has 17 heavy (non-hydrogen) atoms. The number of thioether (sulfide) groups is 1. The van der Waals surface area contributed by atoms with Gasteiger partial charge in [0.05, 0.1) is 19.1 Å². The summed E-state index contributed by atoms with van der Waals surface area (Å²) in [5, 5.41) is 2.72. The van der Waals surface area contributed by atoms with Gasteiger partial charge < -0.3 is 14.8 Å². The highest BCUT2D eigenvalue weighted by Crippen LogP contribution is 2.25. The number of carbonyl (C=O) groups is 2. The van der Waals surface area contributed by atoms with Crippen LogP contribution in [0.1, 0.15) is 20.8 Å². The number of hydrogen-bond donors (Lipinski definition) is 1. The summed E-state index contributed by atoms with van der Waals surface area (Å²) >= 11 is 1.62. The smallest absolute Gasteiger partial charge is 0.407 e. The molecule has 0 aromatic heterocycles. The van der Waals surface area contributed by atoms with Crippen LogP contribution in [0.3, 0.4) is 0 Å². The number of rotatable bonds is 2. The van der Waals surface area contributed by atoms with E-state index >= 15 is 0 Å². The van der Waals surface area contributed by atoms with Gasteiger partial charge in [-0.1, -0.05) is 0 Å². The van der Waals surface area contributed by atoms with Crippen molar-refractivity contribution in [2.45, 2.75) is 32.4 Å². The maximum atomic E-state index is 11.6. The fraction of sp³-hybridized carbons (Fsp3) is 0.818. The second kappa shape index (κ2) is 5.62. The van der Waals surface area contributed by atoms with Gasteiger partial charge in [-0.2, -0.15) is 11.8 Å². The number of carbonyl (C=O) groups excluding carboxylic acids is 2. The molecule has 0 radical (unpaired) electrons. The number of methoxy groups -OCH3 is 1. The van der Waals surface area contributed by atoms with Gasteiger partial charge in [-0.25, -0.2) is 4.79 Å². The van der Waals surface area contributed by atoms with Gasteiger partial charge >= 0.3 is 12.1 Å². The van der Waals surface area contributed by atoms with E-state index in [9.17, 15) is 9.59 Å². The Morgan fingerprint density at radius 1 is 1.29 bits per heavy atom. The molecule has 0 aromatic rings. The van der Waals surface area contributed by atoms with Crippen molar-refractivity contribution in [3.63, 3.8) is 0 Å². The molecular formula is C11H19NO4S. The molecule has 6 heteroatoms. The molecule has 1 saturated heterocycles. The largest absolute Gasteiger partial charge is 0.469 e. The second-order valence-corrected chi connectivity index (χ2v) is 5.99. The number of hydrogen-bond acceptors (Lipinski definition) is 5. The highest BCUT2D eigenvalue weighted by molar-refractivity contribution is 7.99. The lowest BCUT2D eigenvalue weighted by atomic mass is 10.0. The van der Waals surface area contributed by atoms with E-state index in [-0.39, 0.29) is 17.9 Å². The normalized spacial score (nSPS) is 24.2. The Hall–Kier alpha value is -0.910. The zero-order chi connectivity index (χ0) is 13.1. The number of ether oxygens (including phenoxy) is 2. The first kappa shape index (κ1) is 14.2. The van der Waals surface area contributed by atoms with Gasteiger partial charge in [0.1, 0.15) is 5.60 Å². The fourth-order valence-electron chi connectivity index (χ4n) is 1.54. The molecule has 1 amide bonds. The highest BCUT2D eigenvalue weighted by atomic mass is 32.2. The Bertz CT molecular complexity index is 300. The lowest BCUT2D eigenvalue weighted by Crippen LogP contribution is -2.45. The van der Waals surface area contributed by atoms with Crippen LogP contribution >= 0.6 is 11.8 Å².